The summed E-state index contributed by atoms with van der Waals surface area (Å²) < 4.78 is 38.5. The predicted octanol–water partition coefficient (Wildman–Crippen LogP) is 3.13. The van der Waals surface area contributed by atoms with E-state index in [9.17, 15) is 12.8 Å². The van der Waals surface area contributed by atoms with Crippen molar-refractivity contribution < 1.29 is 12.8 Å². The van der Waals surface area contributed by atoms with E-state index in [1.807, 2.05) is 0 Å². The summed E-state index contributed by atoms with van der Waals surface area (Å²) in [6, 6.07) is 9.13. The minimum atomic E-state index is -3.39. The first-order valence-corrected chi connectivity index (χ1v) is 8.79. The summed E-state index contributed by atoms with van der Waals surface area (Å²) in [7, 11) is -3.39. The number of nitrogens with zero attached hydrogens (tertiary/aromatic N) is 3. The van der Waals surface area contributed by atoms with E-state index in [0.29, 0.717) is 16.9 Å². The van der Waals surface area contributed by atoms with Gasteiger partial charge in [-0.3, -0.25) is 4.57 Å². The number of pyridine rings is 1. The molecule has 2 aromatic heterocycles. The number of hydrogen-bond donors (Lipinski definition) is 0. The lowest BCUT2D eigenvalue weighted by Crippen LogP contribution is -2.02. The standard InChI is InChI=1S/C15H11ClFN3O2S/c1-23(21,22)13-7-6-10(8-18-13)20-9-19-15(16)14(20)11-4-2-3-5-12(11)17/h2-9H,1H3. The molecule has 3 aromatic rings. The molecule has 0 radical (unpaired) electrons. The maximum atomic E-state index is 14.1. The van der Waals surface area contributed by atoms with Crippen LogP contribution in [-0.2, 0) is 9.84 Å². The molecule has 118 valence electrons. The minimum Gasteiger partial charge on any atom is -0.296 e. The first-order valence-electron chi connectivity index (χ1n) is 6.52. The van der Waals surface area contributed by atoms with E-state index in [2.05, 4.69) is 9.97 Å². The molecule has 8 heteroatoms. The quantitative estimate of drug-likeness (QED) is 0.727. The van der Waals surface area contributed by atoms with Crippen LogP contribution in [0.1, 0.15) is 0 Å². The van der Waals surface area contributed by atoms with E-state index >= 15 is 0 Å². The van der Waals surface area contributed by atoms with Crippen molar-refractivity contribution in [3.05, 3.63) is 59.9 Å². The maximum Gasteiger partial charge on any atom is 0.192 e. The van der Waals surface area contributed by atoms with Gasteiger partial charge in [0.1, 0.15) is 12.1 Å². The molecule has 0 aliphatic rings. The van der Waals surface area contributed by atoms with Crippen molar-refractivity contribution in [3.8, 4) is 16.9 Å². The van der Waals surface area contributed by atoms with Crippen molar-refractivity contribution in [2.24, 2.45) is 0 Å². The fourth-order valence-electron chi connectivity index (χ4n) is 2.15. The minimum absolute atomic E-state index is 0.0418. The highest BCUT2D eigenvalue weighted by Crippen LogP contribution is 2.31. The lowest BCUT2D eigenvalue weighted by molar-refractivity contribution is 0.598. The molecule has 0 bridgehead atoms. The number of imidazole rings is 1. The number of halogens is 2. The molecule has 0 N–H and O–H groups in total. The predicted molar refractivity (Wildman–Crippen MR) is 84.9 cm³/mol. The molecule has 0 aliphatic heterocycles. The molecule has 0 unspecified atom stereocenters. The van der Waals surface area contributed by atoms with Crippen LogP contribution in [0.25, 0.3) is 16.9 Å². The molecule has 0 aliphatic carbocycles. The van der Waals surface area contributed by atoms with Gasteiger partial charge in [0.25, 0.3) is 0 Å². The highest BCUT2D eigenvalue weighted by Gasteiger charge is 2.17. The van der Waals surface area contributed by atoms with E-state index in [0.717, 1.165) is 6.26 Å². The summed E-state index contributed by atoms with van der Waals surface area (Å²) in [5.74, 6) is -0.433. The second kappa shape index (κ2) is 5.75. The highest BCUT2D eigenvalue weighted by atomic mass is 35.5. The maximum absolute atomic E-state index is 14.1. The number of hydrogen-bond acceptors (Lipinski definition) is 4. The van der Waals surface area contributed by atoms with Crippen LogP contribution in [0.3, 0.4) is 0 Å². The van der Waals surface area contributed by atoms with Gasteiger partial charge in [-0.1, -0.05) is 23.7 Å². The summed E-state index contributed by atoms with van der Waals surface area (Å²) in [6.07, 6.45) is 3.88. The fraction of sp³-hybridized carbons (Fsp3) is 0.0667. The molecule has 1 aromatic carbocycles. The summed E-state index contributed by atoms with van der Waals surface area (Å²) in [4.78, 5) is 7.92. The molecule has 0 saturated carbocycles. The van der Waals surface area contributed by atoms with Crippen LogP contribution in [0.4, 0.5) is 4.39 Å². The van der Waals surface area contributed by atoms with Crippen LogP contribution in [-0.4, -0.2) is 29.2 Å². The summed E-state index contributed by atoms with van der Waals surface area (Å²) >= 11 is 6.09. The van der Waals surface area contributed by atoms with Crippen molar-refractivity contribution in [1.29, 1.82) is 0 Å². The van der Waals surface area contributed by atoms with Crippen LogP contribution in [0.5, 0.6) is 0 Å². The molecule has 2 heterocycles. The Labute approximate surface area is 137 Å². The molecule has 0 saturated heterocycles. The molecular weight excluding hydrogens is 341 g/mol. The van der Waals surface area contributed by atoms with Crippen molar-refractivity contribution in [2.45, 2.75) is 5.03 Å². The van der Waals surface area contributed by atoms with Gasteiger partial charge in [-0.05, 0) is 24.3 Å². The Balaban J connectivity index is 2.14. The molecular formula is C15H11ClFN3O2S. The first-order chi connectivity index (χ1) is 10.9. The third-order valence-electron chi connectivity index (χ3n) is 3.23. The zero-order valence-corrected chi connectivity index (χ0v) is 13.5. The number of rotatable bonds is 3. The Hall–Kier alpha value is -2.25. The molecule has 0 spiro atoms. The monoisotopic (exact) mass is 351 g/mol. The van der Waals surface area contributed by atoms with Crippen LogP contribution >= 0.6 is 11.6 Å². The van der Waals surface area contributed by atoms with Crippen molar-refractivity contribution in [2.75, 3.05) is 6.26 Å². The van der Waals surface area contributed by atoms with Gasteiger partial charge in [0.05, 0.1) is 17.6 Å². The smallest absolute Gasteiger partial charge is 0.192 e. The molecule has 5 nitrogen and oxygen atoms in total. The molecule has 0 atom stereocenters. The molecule has 3 rings (SSSR count). The van der Waals surface area contributed by atoms with Gasteiger partial charge >= 0.3 is 0 Å². The second-order valence-corrected chi connectivity index (χ2v) is 7.18. The van der Waals surface area contributed by atoms with Crippen molar-refractivity contribution >= 4 is 21.4 Å². The van der Waals surface area contributed by atoms with Gasteiger partial charge in [-0.15, -0.1) is 0 Å². The van der Waals surface area contributed by atoms with E-state index in [1.54, 1.807) is 28.8 Å². The first kappa shape index (κ1) is 15.6. The third kappa shape index (κ3) is 2.97. The number of aromatic nitrogens is 3. The third-order valence-corrected chi connectivity index (χ3v) is 4.51. The van der Waals surface area contributed by atoms with Gasteiger partial charge in [0.2, 0.25) is 0 Å². The van der Waals surface area contributed by atoms with Crippen molar-refractivity contribution in [1.82, 2.24) is 14.5 Å². The number of benzene rings is 1. The molecule has 0 fully saturated rings. The SMILES string of the molecule is CS(=O)(=O)c1ccc(-n2cnc(Cl)c2-c2ccccc2F)cn1. The molecule has 23 heavy (non-hydrogen) atoms. The van der Waals surface area contributed by atoms with Gasteiger partial charge in [0, 0.05) is 11.8 Å². The molecule has 0 amide bonds. The lowest BCUT2D eigenvalue weighted by atomic mass is 10.1. The van der Waals surface area contributed by atoms with Crippen molar-refractivity contribution in [3.63, 3.8) is 0 Å². The lowest BCUT2D eigenvalue weighted by Gasteiger charge is -2.09. The zero-order valence-electron chi connectivity index (χ0n) is 11.9. The van der Waals surface area contributed by atoms with E-state index in [-0.39, 0.29) is 10.2 Å². The van der Waals surface area contributed by atoms with Gasteiger partial charge in [0.15, 0.2) is 20.0 Å². The summed E-state index contributed by atoms with van der Waals surface area (Å²) in [5, 5.41) is 0.0993. The normalized spacial score (nSPS) is 11.6. The average molecular weight is 352 g/mol. The van der Waals surface area contributed by atoms with E-state index in [1.165, 1.54) is 24.7 Å². The number of sulfone groups is 1. The Morgan fingerprint density at radius 2 is 1.87 bits per heavy atom. The van der Waals surface area contributed by atoms with E-state index < -0.39 is 15.7 Å². The van der Waals surface area contributed by atoms with Crippen LogP contribution < -0.4 is 0 Å². The Kier molecular flexibility index (Phi) is 3.91. The van der Waals surface area contributed by atoms with Gasteiger partial charge < -0.3 is 0 Å². The summed E-state index contributed by atoms with van der Waals surface area (Å²) in [6.45, 7) is 0. The van der Waals surface area contributed by atoms with Crippen LogP contribution in [0, 0.1) is 5.82 Å². The van der Waals surface area contributed by atoms with Crippen LogP contribution in [0.15, 0.2) is 53.9 Å². The van der Waals surface area contributed by atoms with Gasteiger partial charge in [-0.25, -0.2) is 22.8 Å². The Morgan fingerprint density at radius 1 is 1.13 bits per heavy atom. The topological polar surface area (TPSA) is 64.8 Å². The van der Waals surface area contributed by atoms with E-state index in [4.69, 9.17) is 11.6 Å². The van der Waals surface area contributed by atoms with Gasteiger partial charge in [-0.2, -0.15) is 0 Å². The fourth-order valence-corrected chi connectivity index (χ4v) is 2.95. The largest absolute Gasteiger partial charge is 0.296 e. The highest BCUT2D eigenvalue weighted by molar-refractivity contribution is 7.90. The zero-order chi connectivity index (χ0) is 16.6. The summed E-state index contributed by atoms with van der Waals surface area (Å²) in [5.41, 5.74) is 1.19. The average Bonchev–Trinajstić information content (AvgIpc) is 2.89. The van der Waals surface area contributed by atoms with Crippen LogP contribution in [0.2, 0.25) is 5.15 Å². The second-order valence-electron chi connectivity index (χ2n) is 4.86. The Morgan fingerprint density at radius 3 is 2.48 bits per heavy atom. The Bertz CT molecular complexity index is 969.